The molecule has 3 atom stereocenters. The van der Waals surface area contributed by atoms with Gasteiger partial charge in [0.25, 0.3) is 0 Å². The quantitative estimate of drug-likeness (QED) is 0.586. The number of carboxylic acids is 1. The molecule has 0 aromatic carbocycles. The van der Waals surface area contributed by atoms with Gasteiger partial charge in [-0.15, -0.1) is 0 Å². The van der Waals surface area contributed by atoms with Crippen LogP contribution >= 0.6 is 0 Å². The molecule has 0 saturated carbocycles. The summed E-state index contributed by atoms with van der Waals surface area (Å²) in [5.41, 5.74) is 4.71. The zero-order valence-corrected chi connectivity index (χ0v) is 9.51. The van der Waals surface area contributed by atoms with Crippen molar-refractivity contribution < 1.29 is 19.8 Å². The van der Waals surface area contributed by atoms with E-state index in [1.54, 1.807) is 13.8 Å². The van der Waals surface area contributed by atoms with Crippen LogP contribution in [0.1, 0.15) is 26.7 Å². The minimum atomic E-state index is -1.10. The molecule has 0 bridgehead atoms. The molecule has 1 rings (SSSR count). The lowest BCUT2D eigenvalue weighted by atomic mass is 9.98. The van der Waals surface area contributed by atoms with Crippen LogP contribution in [0.2, 0.25) is 0 Å². The van der Waals surface area contributed by atoms with Crippen molar-refractivity contribution in [3.63, 3.8) is 0 Å². The van der Waals surface area contributed by atoms with Gasteiger partial charge in [-0.3, -0.25) is 4.79 Å². The largest absolute Gasteiger partial charge is 0.480 e. The molecule has 1 fully saturated rings. The third-order valence-electron chi connectivity index (χ3n) is 3.05. The number of aliphatic hydroxyl groups excluding tert-OH is 1. The molecule has 1 heterocycles. The third kappa shape index (κ3) is 2.33. The molecule has 1 aliphatic rings. The summed E-state index contributed by atoms with van der Waals surface area (Å²) in [6.07, 6.45) is -0.288. The maximum Gasteiger partial charge on any atom is 0.326 e. The van der Waals surface area contributed by atoms with Crippen LogP contribution in [0.25, 0.3) is 0 Å². The van der Waals surface area contributed by atoms with Crippen molar-refractivity contribution >= 4 is 11.9 Å². The highest BCUT2D eigenvalue weighted by molar-refractivity contribution is 5.90. The summed E-state index contributed by atoms with van der Waals surface area (Å²) >= 11 is 0. The highest BCUT2D eigenvalue weighted by Gasteiger charge is 2.43. The van der Waals surface area contributed by atoms with Crippen LogP contribution in [0.3, 0.4) is 0 Å². The van der Waals surface area contributed by atoms with Crippen LogP contribution in [0.5, 0.6) is 0 Å². The first-order valence-electron chi connectivity index (χ1n) is 5.30. The minimum absolute atomic E-state index is 0.0442. The number of likely N-dealkylation sites (tertiary alicyclic amines) is 1. The van der Waals surface area contributed by atoms with Gasteiger partial charge < -0.3 is 20.8 Å². The van der Waals surface area contributed by atoms with E-state index in [1.165, 1.54) is 0 Å². The lowest BCUT2D eigenvalue weighted by Gasteiger charge is -2.30. The average molecular weight is 230 g/mol. The standard InChI is InChI=1S/C10H18N2O4/c1-3-10(2,11)9(16)12-5-6(13)4-7(12)8(14)15/h6-7,13H,3-5,11H2,1-2H3,(H,14,15)/t6?,7-,10?/m0/s1. The van der Waals surface area contributed by atoms with Gasteiger partial charge in [0.2, 0.25) is 5.91 Å². The van der Waals surface area contributed by atoms with Crippen LogP contribution in [0.15, 0.2) is 0 Å². The molecule has 1 aliphatic heterocycles. The van der Waals surface area contributed by atoms with Crippen LogP contribution in [-0.4, -0.2) is 51.2 Å². The van der Waals surface area contributed by atoms with Crippen LogP contribution in [0.4, 0.5) is 0 Å². The molecule has 2 unspecified atom stereocenters. The molecule has 0 aromatic rings. The second-order valence-electron chi connectivity index (χ2n) is 4.47. The smallest absolute Gasteiger partial charge is 0.326 e. The van der Waals surface area contributed by atoms with E-state index < -0.39 is 29.6 Å². The number of aliphatic hydroxyl groups is 1. The number of β-amino-alcohol motifs (C(OH)–C–C–N with tert-alkyl or cyclic N) is 1. The van der Waals surface area contributed by atoms with Crippen molar-refractivity contribution in [2.45, 2.75) is 44.4 Å². The predicted molar refractivity (Wildman–Crippen MR) is 56.6 cm³/mol. The molecule has 0 spiro atoms. The zero-order valence-electron chi connectivity index (χ0n) is 9.51. The van der Waals surface area contributed by atoms with Crippen LogP contribution < -0.4 is 5.73 Å². The van der Waals surface area contributed by atoms with E-state index in [0.29, 0.717) is 6.42 Å². The van der Waals surface area contributed by atoms with E-state index in [2.05, 4.69) is 0 Å². The first kappa shape index (κ1) is 12.9. The summed E-state index contributed by atoms with van der Waals surface area (Å²) in [6, 6.07) is -0.961. The molecule has 0 aliphatic carbocycles. The lowest BCUT2D eigenvalue weighted by molar-refractivity contribution is -0.150. The van der Waals surface area contributed by atoms with Crippen molar-refractivity contribution in [1.82, 2.24) is 4.90 Å². The second-order valence-corrected chi connectivity index (χ2v) is 4.47. The Kier molecular flexibility index (Phi) is 3.54. The lowest BCUT2D eigenvalue weighted by Crippen LogP contribution is -2.55. The molecule has 1 amide bonds. The van der Waals surface area contributed by atoms with E-state index in [-0.39, 0.29) is 13.0 Å². The molecule has 92 valence electrons. The fourth-order valence-electron chi connectivity index (χ4n) is 1.75. The first-order chi connectivity index (χ1) is 7.29. The number of carbonyl (C=O) groups is 2. The number of nitrogens with two attached hydrogens (primary N) is 1. The summed E-state index contributed by atoms with van der Waals surface area (Å²) in [5, 5.41) is 18.4. The van der Waals surface area contributed by atoms with Crippen molar-refractivity contribution in [3.05, 3.63) is 0 Å². The fourth-order valence-corrected chi connectivity index (χ4v) is 1.75. The molecular weight excluding hydrogens is 212 g/mol. The Hall–Kier alpha value is -1.14. The summed E-state index contributed by atoms with van der Waals surface area (Å²) in [7, 11) is 0. The van der Waals surface area contributed by atoms with Gasteiger partial charge in [-0.2, -0.15) is 0 Å². The number of carboxylic acid groups (broad SMARTS) is 1. The Labute approximate surface area is 94.0 Å². The number of hydrogen-bond donors (Lipinski definition) is 3. The predicted octanol–water partition coefficient (Wildman–Crippen LogP) is -0.840. The summed E-state index contributed by atoms with van der Waals surface area (Å²) in [4.78, 5) is 24.1. The van der Waals surface area contributed by atoms with Crippen LogP contribution in [0, 0.1) is 0 Å². The highest BCUT2D eigenvalue weighted by Crippen LogP contribution is 2.22. The Morgan fingerprint density at radius 1 is 1.56 bits per heavy atom. The second kappa shape index (κ2) is 4.39. The molecule has 6 nitrogen and oxygen atoms in total. The van der Waals surface area contributed by atoms with Gasteiger partial charge in [0, 0.05) is 13.0 Å². The average Bonchev–Trinajstić information content (AvgIpc) is 2.59. The summed E-state index contributed by atoms with van der Waals surface area (Å²) < 4.78 is 0. The van der Waals surface area contributed by atoms with E-state index >= 15 is 0 Å². The van der Waals surface area contributed by atoms with Gasteiger partial charge in [0.05, 0.1) is 11.6 Å². The Bertz CT molecular complexity index is 303. The molecule has 0 radical (unpaired) electrons. The van der Waals surface area contributed by atoms with Crippen molar-refractivity contribution in [2.24, 2.45) is 5.73 Å². The van der Waals surface area contributed by atoms with Gasteiger partial charge >= 0.3 is 5.97 Å². The van der Waals surface area contributed by atoms with Crippen LogP contribution in [-0.2, 0) is 9.59 Å². The van der Waals surface area contributed by atoms with Gasteiger partial charge in [-0.25, -0.2) is 4.79 Å². The third-order valence-corrected chi connectivity index (χ3v) is 3.05. The number of nitrogens with zero attached hydrogens (tertiary/aromatic N) is 1. The minimum Gasteiger partial charge on any atom is -0.480 e. The van der Waals surface area contributed by atoms with E-state index in [1.807, 2.05) is 0 Å². The summed E-state index contributed by atoms with van der Waals surface area (Å²) in [6.45, 7) is 3.38. The Morgan fingerprint density at radius 2 is 2.12 bits per heavy atom. The van der Waals surface area contributed by atoms with E-state index in [4.69, 9.17) is 10.8 Å². The molecule has 1 saturated heterocycles. The van der Waals surface area contributed by atoms with Crippen molar-refractivity contribution in [1.29, 1.82) is 0 Å². The molecule has 6 heteroatoms. The van der Waals surface area contributed by atoms with E-state index in [0.717, 1.165) is 4.90 Å². The number of amides is 1. The monoisotopic (exact) mass is 230 g/mol. The molecule has 16 heavy (non-hydrogen) atoms. The number of hydrogen-bond acceptors (Lipinski definition) is 4. The first-order valence-corrected chi connectivity index (χ1v) is 5.30. The maximum atomic E-state index is 12.0. The highest BCUT2D eigenvalue weighted by atomic mass is 16.4. The number of carbonyl (C=O) groups excluding carboxylic acids is 1. The van der Waals surface area contributed by atoms with Crippen molar-refractivity contribution in [3.8, 4) is 0 Å². The van der Waals surface area contributed by atoms with Gasteiger partial charge in [-0.05, 0) is 13.3 Å². The molecule has 4 N–H and O–H groups in total. The number of rotatable bonds is 3. The molecular formula is C10H18N2O4. The van der Waals surface area contributed by atoms with Crippen molar-refractivity contribution in [2.75, 3.05) is 6.54 Å². The topological polar surface area (TPSA) is 104 Å². The number of aliphatic carboxylic acids is 1. The van der Waals surface area contributed by atoms with Gasteiger partial charge in [0.1, 0.15) is 6.04 Å². The van der Waals surface area contributed by atoms with Gasteiger partial charge in [0.15, 0.2) is 0 Å². The Morgan fingerprint density at radius 3 is 2.56 bits per heavy atom. The maximum absolute atomic E-state index is 12.0. The summed E-state index contributed by atoms with van der Waals surface area (Å²) in [5.74, 6) is -1.52. The SMILES string of the molecule is CCC(C)(N)C(=O)N1CC(O)C[C@H]1C(=O)O. The van der Waals surface area contributed by atoms with Gasteiger partial charge in [-0.1, -0.05) is 6.92 Å². The zero-order chi connectivity index (χ0) is 12.5. The molecule has 0 aromatic heterocycles. The Balaban J connectivity index is 2.86. The fraction of sp³-hybridized carbons (Fsp3) is 0.800. The normalized spacial score (nSPS) is 28.9. The van der Waals surface area contributed by atoms with E-state index in [9.17, 15) is 14.7 Å².